The molecule has 8 heteroatoms. The number of urea groups is 1. The molecule has 2 atom stereocenters. The van der Waals surface area contributed by atoms with Crippen molar-refractivity contribution < 1.29 is 14.4 Å². The van der Waals surface area contributed by atoms with Crippen molar-refractivity contribution in [2.75, 3.05) is 19.6 Å². The van der Waals surface area contributed by atoms with Crippen LogP contribution in [0, 0.1) is 11.8 Å². The van der Waals surface area contributed by atoms with Crippen molar-refractivity contribution in [1.29, 1.82) is 0 Å². The van der Waals surface area contributed by atoms with E-state index in [1.54, 1.807) is 15.9 Å². The monoisotopic (exact) mass is 460 g/mol. The molecule has 0 fully saturated rings. The summed E-state index contributed by atoms with van der Waals surface area (Å²) in [5.74, 6) is 0.142. The van der Waals surface area contributed by atoms with Crippen molar-refractivity contribution in [2.45, 2.75) is 53.1 Å². The molecule has 0 aliphatic carbocycles. The number of nitrogens with zero attached hydrogens (tertiary/aromatic N) is 2. The highest BCUT2D eigenvalue weighted by molar-refractivity contribution is 6.31. The minimum Gasteiger partial charge on any atom is -0.354 e. The van der Waals surface area contributed by atoms with Gasteiger partial charge in [0.1, 0.15) is 6.04 Å². The highest BCUT2D eigenvalue weighted by atomic mass is 35.5. The highest BCUT2D eigenvalue weighted by Gasteiger charge is 2.47. The summed E-state index contributed by atoms with van der Waals surface area (Å²) < 4.78 is 0. The lowest BCUT2D eigenvalue weighted by atomic mass is 9.95. The number of likely N-dealkylation sites (N-methyl/N-ethyl adjacent to an activating group) is 1. The molecule has 174 valence electrons. The molecule has 1 aromatic rings. The fourth-order valence-electron chi connectivity index (χ4n) is 4.29. The molecular weight excluding hydrogens is 428 g/mol. The van der Waals surface area contributed by atoms with E-state index >= 15 is 0 Å². The lowest BCUT2D eigenvalue weighted by Crippen LogP contribution is -2.50. The molecule has 0 radical (unpaired) electrons. The van der Waals surface area contributed by atoms with Crippen LogP contribution in [0.4, 0.5) is 4.79 Å². The first-order valence-corrected chi connectivity index (χ1v) is 11.7. The number of rotatable bonds is 8. The van der Waals surface area contributed by atoms with Gasteiger partial charge in [-0.3, -0.25) is 14.5 Å². The van der Waals surface area contributed by atoms with E-state index in [1.807, 2.05) is 52.8 Å². The summed E-state index contributed by atoms with van der Waals surface area (Å²) in [6.45, 7) is 11.2. The summed E-state index contributed by atoms with van der Waals surface area (Å²) in [4.78, 5) is 42.9. The molecule has 1 aromatic carbocycles. The molecule has 0 saturated heterocycles. The van der Waals surface area contributed by atoms with E-state index in [1.165, 1.54) is 0 Å². The van der Waals surface area contributed by atoms with E-state index in [4.69, 9.17) is 11.6 Å². The molecule has 0 spiro atoms. The highest BCUT2D eigenvalue weighted by Crippen LogP contribution is 2.39. The number of nitrogens with one attached hydrogen (secondary N) is 2. The Labute approximate surface area is 195 Å². The van der Waals surface area contributed by atoms with Gasteiger partial charge in [0.15, 0.2) is 0 Å². The quantitative estimate of drug-likeness (QED) is 0.620. The topological polar surface area (TPSA) is 81.8 Å². The molecule has 3 rings (SSSR count). The summed E-state index contributed by atoms with van der Waals surface area (Å²) in [6, 6.07) is 5.68. The zero-order chi connectivity index (χ0) is 23.6. The molecule has 0 saturated carbocycles. The van der Waals surface area contributed by atoms with Gasteiger partial charge in [-0.25, -0.2) is 4.79 Å². The van der Waals surface area contributed by atoms with Crippen molar-refractivity contribution in [1.82, 2.24) is 20.4 Å². The molecule has 32 heavy (non-hydrogen) atoms. The standard InChI is InChI=1S/C24H33ClN4O3/c1-6-28-19-13-29(18(11-14(2)3)22(30)26-12-15(4)5)23(31)20(19)21(27-24(28)32)16-9-7-8-10-17(16)25/h7-10,14-15,18,21H,6,11-13H2,1-5H3,(H,26,30)(H,27,32)/t18-,21+/m0/s1. The van der Waals surface area contributed by atoms with Crippen molar-refractivity contribution in [3.8, 4) is 0 Å². The lowest BCUT2D eigenvalue weighted by Gasteiger charge is -2.33. The van der Waals surface area contributed by atoms with E-state index in [9.17, 15) is 14.4 Å². The van der Waals surface area contributed by atoms with Crippen LogP contribution < -0.4 is 10.6 Å². The van der Waals surface area contributed by atoms with Crippen LogP contribution in [-0.4, -0.2) is 53.3 Å². The SMILES string of the molecule is CCN1C(=O)N[C@H](c2ccccc2Cl)C2=C1CN([C@@H](CC(C)C)C(=O)NCC(C)C)C2=O. The van der Waals surface area contributed by atoms with Gasteiger partial charge < -0.3 is 15.5 Å². The predicted molar refractivity (Wildman–Crippen MR) is 125 cm³/mol. The number of amides is 4. The van der Waals surface area contributed by atoms with Crippen LogP contribution in [0.1, 0.15) is 52.6 Å². The Kier molecular flexibility index (Phi) is 7.49. The zero-order valence-electron chi connectivity index (χ0n) is 19.4. The fourth-order valence-corrected chi connectivity index (χ4v) is 4.53. The van der Waals surface area contributed by atoms with Crippen LogP contribution in [0.5, 0.6) is 0 Å². The number of hydrogen-bond acceptors (Lipinski definition) is 3. The fraction of sp³-hybridized carbons (Fsp3) is 0.542. The minimum atomic E-state index is -0.648. The maximum Gasteiger partial charge on any atom is 0.322 e. The molecule has 2 aliphatic heterocycles. The maximum absolute atomic E-state index is 13.7. The first-order chi connectivity index (χ1) is 15.1. The largest absolute Gasteiger partial charge is 0.354 e. The van der Waals surface area contributed by atoms with Crippen molar-refractivity contribution >= 4 is 29.4 Å². The normalized spacial score (nSPS) is 19.6. The average molecular weight is 461 g/mol. The number of hydrogen-bond donors (Lipinski definition) is 2. The van der Waals surface area contributed by atoms with Crippen LogP contribution in [0.2, 0.25) is 5.02 Å². The van der Waals surface area contributed by atoms with E-state index in [-0.39, 0.29) is 30.3 Å². The molecular formula is C24H33ClN4O3. The van der Waals surface area contributed by atoms with Gasteiger partial charge in [-0.1, -0.05) is 57.5 Å². The summed E-state index contributed by atoms with van der Waals surface area (Å²) in [7, 11) is 0. The van der Waals surface area contributed by atoms with Gasteiger partial charge in [0.2, 0.25) is 5.91 Å². The molecule has 0 bridgehead atoms. The van der Waals surface area contributed by atoms with E-state index in [0.717, 1.165) is 0 Å². The number of halogens is 1. The molecule has 2 heterocycles. The molecule has 4 amide bonds. The molecule has 2 aliphatic rings. The number of benzene rings is 1. The van der Waals surface area contributed by atoms with Crippen LogP contribution >= 0.6 is 11.6 Å². The Hall–Kier alpha value is -2.54. The van der Waals surface area contributed by atoms with Crippen LogP contribution in [0.15, 0.2) is 35.5 Å². The second-order valence-corrected chi connectivity index (χ2v) is 9.63. The smallest absolute Gasteiger partial charge is 0.322 e. The van der Waals surface area contributed by atoms with Crippen LogP contribution in [0.3, 0.4) is 0 Å². The lowest BCUT2D eigenvalue weighted by molar-refractivity contribution is -0.137. The first kappa shape index (κ1) is 24.1. The van der Waals surface area contributed by atoms with Crippen molar-refractivity contribution in [3.05, 3.63) is 46.1 Å². The van der Waals surface area contributed by atoms with E-state index in [0.29, 0.717) is 47.3 Å². The second kappa shape index (κ2) is 9.94. The van der Waals surface area contributed by atoms with Gasteiger partial charge in [-0.05, 0) is 36.8 Å². The van der Waals surface area contributed by atoms with Crippen molar-refractivity contribution in [3.63, 3.8) is 0 Å². The van der Waals surface area contributed by atoms with Gasteiger partial charge >= 0.3 is 6.03 Å². The molecule has 0 unspecified atom stereocenters. The molecule has 2 N–H and O–H groups in total. The van der Waals surface area contributed by atoms with Crippen LogP contribution in [0.25, 0.3) is 0 Å². The second-order valence-electron chi connectivity index (χ2n) is 9.23. The summed E-state index contributed by atoms with van der Waals surface area (Å²) in [5.41, 5.74) is 1.81. The minimum absolute atomic E-state index is 0.155. The van der Waals surface area contributed by atoms with Gasteiger partial charge in [0.25, 0.3) is 5.91 Å². The predicted octanol–water partition coefficient (Wildman–Crippen LogP) is 3.71. The Balaban J connectivity index is 1.99. The Bertz CT molecular complexity index is 928. The third-order valence-electron chi connectivity index (χ3n) is 5.84. The number of carbonyl (C=O) groups is 3. The van der Waals surface area contributed by atoms with Crippen LogP contribution in [-0.2, 0) is 9.59 Å². The van der Waals surface area contributed by atoms with Gasteiger partial charge in [-0.2, -0.15) is 0 Å². The third kappa shape index (κ3) is 4.77. The summed E-state index contributed by atoms with van der Waals surface area (Å²) in [6.07, 6.45) is 0.542. The molecule has 7 nitrogen and oxygen atoms in total. The summed E-state index contributed by atoms with van der Waals surface area (Å²) in [5, 5.41) is 6.41. The van der Waals surface area contributed by atoms with E-state index in [2.05, 4.69) is 10.6 Å². The van der Waals surface area contributed by atoms with Gasteiger partial charge in [0, 0.05) is 18.1 Å². The van der Waals surface area contributed by atoms with Gasteiger partial charge in [0.05, 0.1) is 23.9 Å². The van der Waals surface area contributed by atoms with Gasteiger partial charge in [-0.15, -0.1) is 0 Å². The Morgan fingerprint density at radius 1 is 1.19 bits per heavy atom. The van der Waals surface area contributed by atoms with E-state index < -0.39 is 12.1 Å². The Morgan fingerprint density at radius 3 is 2.47 bits per heavy atom. The van der Waals surface area contributed by atoms with Crippen molar-refractivity contribution in [2.24, 2.45) is 11.8 Å². The summed E-state index contributed by atoms with van der Waals surface area (Å²) >= 11 is 6.43. The molecule has 0 aromatic heterocycles. The zero-order valence-corrected chi connectivity index (χ0v) is 20.2. The number of carbonyl (C=O) groups excluding carboxylic acids is 3. The maximum atomic E-state index is 13.7. The third-order valence-corrected chi connectivity index (χ3v) is 6.18. The Morgan fingerprint density at radius 2 is 1.88 bits per heavy atom. The first-order valence-electron chi connectivity index (χ1n) is 11.3. The average Bonchev–Trinajstić information content (AvgIpc) is 3.07.